The topological polar surface area (TPSA) is 35.0 Å². The van der Waals surface area contributed by atoms with Crippen molar-refractivity contribution in [2.45, 2.75) is 13.5 Å². The SMILES string of the molecule is Cc1ccc(-c2ccncc2)c(OCc2ccccc2)n1. The Kier molecular flexibility index (Phi) is 3.92. The number of pyridine rings is 2. The molecule has 0 aliphatic heterocycles. The van der Waals surface area contributed by atoms with Gasteiger partial charge >= 0.3 is 0 Å². The Labute approximate surface area is 124 Å². The highest BCUT2D eigenvalue weighted by Crippen LogP contribution is 2.28. The van der Waals surface area contributed by atoms with Gasteiger partial charge in [0.15, 0.2) is 0 Å². The Bertz CT molecular complexity index is 712. The van der Waals surface area contributed by atoms with Gasteiger partial charge in [-0.2, -0.15) is 0 Å². The summed E-state index contributed by atoms with van der Waals surface area (Å²) < 4.78 is 5.93. The number of benzene rings is 1. The first-order chi connectivity index (χ1) is 10.3. The smallest absolute Gasteiger partial charge is 0.221 e. The second-order valence-electron chi connectivity index (χ2n) is 4.82. The standard InChI is InChI=1S/C18H16N2O/c1-14-7-8-17(16-9-11-19-12-10-16)18(20-14)21-13-15-5-3-2-4-6-15/h2-12H,13H2,1H3. The van der Waals surface area contributed by atoms with Gasteiger partial charge in [0.1, 0.15) is 6.61 Å². The zero-order valence-corrected chi connectivity index (χ0v) is 11.9. The number of nitrogens with zero attached hydrogens (tertiary/aromatic N) is 2. The molecule has 0 aliphatic carbocycles. The minimum Gasteiger partial charge on any atom is -0.472 e. The van der Waals surface area contributed by atoms with Crippen molar-refractivity contribution in [3.8, 4) is 17.0 Å². The molecule has 3 heteroatoms. The summed E-state index contributed by atoms with van der Waals surface area (Å²) in [7, 11) is 0. The molecule has 0 bridgehead atoms. The van der Waals surface area contributed by atoms with E-state index >= 15 is 0 Å². The molecule has 0 aliphatic rings. The van der Waals surface area contributed by atoms with Crippen LogP contribution in [0.3, 0.4) is 0 Å². The summed E-state index contributed by atoms with van der Waals surface area (Å²) in [5, 5.41) is 0. The van der Waals surface area contributed by atoms with E-state index in [9.17, 15) is 0 Å². The first kappa shape index (κ1) is 13.3. The van der Waals surface area contributed by atoms with E-state index in [1.54, 1.807) is 12.4 Å². The van der Waals surface area contributed by atoms with Crippen LogP contribution in [-0.4, -0.2) is 9.97 Å². The van der Waals surface area contributed by atoms with Gasteiger partial charge in [0, 0.05) is 23.7 Å². The van der Waals surface area contributed by atoms with Gasteiger partial charge in [0.2, 0.25) is 5.88 Å². The Balaban J connectivity index is 1.89. The van der Waals surface area contributed by atoms with Crippen molar-refractivity contribution in [1.82, 2.24) is 9.97 Å². The molecule has 3 rings (SSSR count). The molecule has 0 spiro atoms. The Morgan fingerprint density at radius 2 is 1.67 bits per heavy atom. The van der Waals surface area contributed by atoms with Crippen LogP contribution in [0.5, 0.6) is 5.88 Å². The van der Waals surface area contributed by atoms with Crippen LogP contribution in [0.1, 0.15) is 11.3 Å². The third-order valence-corrected chi connectivity index (χ3v) is 3.21. The number of aromatic nitrogens is 2. The Morgan fingerprint density at radius 1 is 0.905 bits per heavy atom. The van der Waals surface area contributed by atoms with Crippen molar-refractivity contribution < 1.29 is 4.74 Å². The lowest BCUT2D eigenvalue weighted by Gasteiger charge is -2.11. The van der Waals surface area contributed by atoms with Crippen LogP contribution in [0, 0.1) is 6.92 Å². The molecular weight excluding hydrogens is 260 g/mol. The second-order valence-corrected chi connectivity index (χ2v) is 4.82. The lowest BCUT2D eigenvalue weighted by molar-refractivity contribution is 0.295. The molecule has 0 unspecified atom stereocenters. The van der Waals surface area contributed by atoms with Crippen LogP contribution in [0.15, 0.2) is 67.0 Å². The van der Waals surface area contributed by atoms with E-state index in [1.165, 1.54) is 0 Å². The van der Waals surface area contributed by atoms with Gasteiger partial charge < -0.3 is 4.74 Å². The highest BCUT2D eigenvalue weighted by molar-refractivity contribution is 5.68. The zero-order chi connectivity index (χ0) is 14.5. The van der Waals surface area contributed by atoms with Crippen LogP contribution in [0.25, 0.3) is 11.1 Å². The Morgan fingerprint density at radius 3 is 2.43 bits per heavy atom. The van der Waals surface area contributed by atoms with E-state index in [0.717, 1.165) is 22.4 Å². The monoisotopic (exact) mass is 276 g/mol. The first-order valence-corrected chi connectivity index (χ1v) is 6.88. The maximum Gasteiger partial charge on any atom is 0.221 e. The summed E-state index contributed by atoms with van der Waals surface area (Å²) in [6.07, 6.45) is 3.55. The molecule has 0 radical (unpaired) electrons. The summed E-state index contributed by atoms with van der Waals surface area (Å²) in [5.41, 5.74) is 4.11. The average Bonchev–Trinajstić information content (AvgIpc) is 2.55. The first-order valence-electron chi connectivity index (χ1n) is 6.88. The lowest BCUT2D eigenvalue weighted by atomic mass is 10.1. The van der Waals surface area contributed by atoms with Crippen LogP contribution in [0.2, 0.25) is 0 Å². The molecule has 0 N–H and O–H groups in total. The maximum atomic E-state index is 5.93. The zero-order valence-electron chi connectivity index (χ0n) is 11.9. The highest BCUT2D eigenvalue weighted by Gasteiger charge is 2.08. The van der Waals surface area contributed by atoms with E-state index in [4.69, 9.17) is 4.74 Å². The van der Waals surface area contributed by atoms with E-state index in [2.05, 4.69) is 9.97 Å². The molecule has 104 valence electrons. The van der Waals surface area contributed by atoms with Crippen molar-refractivity contribution >= 4 is 0 Å². The van der Waals surface area contributed by atoms with Crippen molar-refractivity contribution in [3.63, 3.8) is 0 Å². The lowest BCUT2D eigenvalue weighted by Crippen LogP contribution is -2.00. The second kappa shape index (κ2) is 6.18. The fourth-order valence-corrected chi connectivity index (χ4v) is 2.12. The molecule has 0 fully saturated rings. The van der Waals surface area contributed by atoms with Crippen LogP contribution in [0.4, 0.5) is 0 Å². The molecule has 2 heterocycles. The molecule has 2 aromatic heterocycles. The molecule has 0 amide bonds. The van der Waals surface area contributed by atoms with E-state index in [0.29, 0.717) is 12.5 Å². The van der Waals surface area contributed by atoms with Gasteiger partial charge in [0.25, 0.3) is 0 Å². The van der Waals surface area contributed by atoms with Crippen molar-refractivity contribution in [2.75, 3.05) is 0 Å². The summed E-state index contributed by atoms with van der Waals surface area (Å²) >= 11 is 0. The maximum absolute atomic E-state index is 5.93. The largest absolute Gasteiger partial charge is 0.472 e. The van der Waals surface area contributed by atoms with Gasteiger partial charge in [-0.1, -0.05) is 30.3 Å². The molecule has 1 aromatic carbocycles. The average molecular weight is 276 g/mol. The van der Waals surface area contributed by atoms with E-state index < -0.39 is 0 Å². The summed E-state index contributed by atoms with van der Waals surface area (Å²) in [4.78, 5) is 8.57. The van der Waals surface area contributed by atoms with Gasteiger partial charge in [-0.05, 0) is 42.3 Å². The number of rotatable bonds is 4. The summed E-state index contributed by atoms with van der Waals surface area (Å²) in [6.45, 7) is 2.47. The highest BCUT2D eigenvalue weighted by atomic mass is 16.5. The van der Waals surface area contributed by atoms with Crippen molar-refractivity contribution in [3.05, 3.63) is 78.2 Å². The molecule has 0 saturated heterocycles. The minimum absolute atomic E-state index is 0.509. The fraction of sp³-hybridized carbons (Fsp3) is 0.111. The van der Waals surface area contributed by atoms with Gasteiger partial charge in [-0.3, -0.25) is 4.98 Å². The van der Waals surface area contributed by atoms with E-state index in [-0.39, 0.29) is 0 Å². The number of aryl methyl sites for hydroxylation is 1. The predicted molar refractivity (Wildman–Crippen MR) is 83.0 cm³/mol. The van der Waals surface area contributed by atoms with Crippen LogP contribution >= 0.6 is 0 Å². The fourth-order valence-electron chi connectivity index (χ4n) is 2.12. The van der Waals surface area contributed by atoms with Crippen LogP contribution < -0.4 is 4.74 Å². The predicted octanol–water partition coefficient (Wildman–Crippen LogP) is 4.03. The number of ether oxygens (including phenoxy) is 1. The van der Waals surface area contributed by atoms with Gasteiger partial charge in [0.05, 0.1) is 0 Å². The number of hydrogen-bond acceptors (Lipinski definition) is 3. The quantitative estimate of drug-likeness (QED) is 0.721. The molecule has 0 saturated carbocycles. The minimum atomic E-state index is 0.509. The van der Waals surface area contributed by atoms with Gasteiger partial charge in [-0.15, -0.1) is 0 Å². The third kappa shape index (κ3) is 3.26. The molecular formula is C18H16N2O. The van der Waals surface area contributed by atoms with Crippen LogP contribution in [-0.2, 0) is 6.61 Å². The van der Waals surface area contributed by atoms with Crippen molar-refractivity contribution in [1.29, 1.82) is 0 Å². The summed E-state index contributed by atoms with van der Waals surface area (Å²) in [6, 6.07) is 18.0. The third-order valence-electron chi connectivity index (χ3n) is 3.21. The summed E-state index contributed by atoms with van der Waals surface area (Å²) in [5.74, 6) is 0.657. The normalized spacial score (nSPS) is 10.3. The molecule has 0 atom stereocenters. The van der Waals surface area contributed by atoms with Gasteiger partial charge in [-0.25, -0.2) is 4.98 Å². The molecule has 21 heavy (non-hydrogen) atoms. The van der Waals surface area contributed by atoms with Crippen molar-refractivity contribution in [2.24, 2.45) is 0 Å². The molecule has 3 aromatic rings. The Hall–Kier alpha value is -2.68. The molecule has 3 nitrogen and oxygen atoms in total. The number of hydrogen-bond donors (Lipinski definition) is 0. The van der Waals surface area contributed by atoms with E-state index in [1.807, 2.05) is 61.5 Å².